The summed E-state index contributed by atoms with van der Waals surface area (Å²) in [7, 11) is 1.50. The summed E-state index contributed by atoms with van der Waals surface area (Å²) in [5.74, 6) is 1.26. The molecular weight excluding hydrogens is 326 g/mol. The van der Waals surface area contributed by atoms with Gasteiger partial charge < -0.3 is 9.80 Å². The minimum atomic E-state index is -0.400. The van der Waals surface area contributed by atoms with E-state index >= 15 is 0 Å². The van der Waals surface area contributed by atoms with Gasteiger partial charge in [0.1, 0.15) is 12.1 Å². The van der Waals surface area contributed by atoms with Crippen LogP contribution < -0.4 is 10.6 Å². The molecule has 4 heterocycles. The van der Waals surface area contributed by atoms with Gasteiger partial charge in [0.15, 0.2) is 0 Å². The van der Waals surface area contributed by atoms with Gasteiger partial charge in [0.05, 0.1) is 0 Å². The number of carbonyl (C=O) groups excluding carboxylic acids is 1. The number of hydrogen-bond acceptors (Lipinski definition) is 7. The minimum Gasteiger partial charge on any atom is -0.353 e. The van der Waals surface area contributed by atoms with Crippen LogP contribution in [0.4, 0.5) is 5.82 Å². The van der Waals surface area contributed by atoms with Gasteiger partial charge >= 0.3 is 5.69 Å². The van der Waals surface area contributed by atoms with Crippen molar-refractivity contribution in [2.75, 3.05) is 31.1 Å². The number of H-pyrrole nitrogens is 1. The smallest absolute Gasteiger partial charge is 0.343 e. The van der Waals surface area contributed by atoms with E-state index in [4.69, 9.17) is 0 Å². The number of fused-ring (bicyclic) bond motifs is 1. The lowest BCUT2D eigenvalue weighted by Crippen LogP contribution is -2.49. The molecule has 0 spiro atoms. The van der Waals surface area contributed by atoms with E-state index in [-0.39, 0.29) is 11.7 Å². The number of aromatic amines is 1. The van der Waals surface area contributed by atoms with E-state index in [0.29, 0.717) is 32.0 Å². The number of amides is 1. The Bertz CT molecular complexity index is 993. The van der Waals surface area contributed by atoms with Crippen molar-refractivity contribution in [3.05, 3.63) is 34.4 Å². The molecule has 4 rings (SSSR count). The first-order valence-corrected chi connectivity index (χ1v) is 7.88. The third kappa shape index (κ3) is 2.62. The van der Waals surface area contributed by atoms with Crippen molar-refractivity contribution in [1.29, 1.82) is 0 Å². The largest absolute Gasteiger partial charge is 0.353 e. The summed E-state index contributed by atoms with van der Waals surface area (Å²) in [6, 6.07) is 1.95. The van der Waals surface area contributed by atoms with E-state index in [2.05, 4.69) is 30.0 Å². The quantitative estimate of drug-likeness (QED) is 0.622. The molecule has 0 aromatic carbocycles. The molecule has 0 aliphatic carbocycles. The molecule has 130 valence electrons. The van der Waals surface area contributed by atoms with Crippen LogP contribution in [0.25, 0.3) is 5.78 Å². The third-order valence-corrected chi connectivity index (χ3v) is 4.22. The van der Waals surface area contributed by atoms with E-state index in [1.165, 1.54) is 13.4 Å². The van der Waals surface area contributed by atoms with Crippen LogP contribution in [0.2, 0.25) is 0 Å². The average molecular weight is 343 g/mol. The van der Waals surface area contributed by atoms with Gasteiger partial charge in [-0.25, -0.2) is 14.5 Å². The van der Waals surface area contributed by atoms with Gasteiger partial charge in [0, 0.05) is 45.0 Å². The molecule has 11 heteroatoms. The van der Waals surface area contributed by atoms with Crippen molar-refractivity contribution in [1.82, 2.24) is 39.2 Å². The minimum absolute atomic E-state index is 0.0689. The van der Waals surface area contributed by atoms with Crippen LogP contribution in [-0.4, -0.2) is 71.3 Å². The standard InChI is InChI=1S/C14H17N9O2/c1-9-7-10(23-13(17-9)15-8-16-23)21-3-5-22(6-4-21)12(24)11-18-14(25)20(2)19-11/h7-8H,3-6H2,1-2H3,(H,18,19,25). The van der Waals surface area contributed by atoms with E-state index in [0.717, 1.165) is 16.2 Å². The number of rotatable bonds is 2. The molecule has 1 fully saturated rings. The van der Waals surface area contributed by atoms with Crippen molar-refractivity contribution in [2.24, 2.45) is 7.05 Å². The first-order valence-electron chi connectivity index (χ1n) is 7.88. The Morgan fingerprint density at radius 1 is 1.24 bits per heavy atom. The molecule has 25 heavy (non-hydrogen) atoms. The second-order valence-electron chi connectivity index (χ2n) is 5.91. The fourth-order valence-corrected chi connectivity index (χ4v) is 2.92. The van der Waals surface area contributed by atoms with Gasteiger partial charge in [-0.2, -0.15) is 14.6 Å². The number of piperazine rings is 1. The Morgan fingerprint density at radius 3 is 2.68 bits per heavy atom. The van der Waals surface area contributed by atoms with Crippen molar-refractivity contribution >= 4 is 17.5 Å². The lowest BCUT2D eigenvalue weighted by molar-refractivity contribution is 0.0734. The van der Waals surface area contributed by atoms with E-state index in [1.807, 2.05) is 13.0 Å². The third-order valence-electron chi connectivity index (χ3n) is 4.22. The molecule has 0 saturated carbocycles. The topological polar surface area (TPSA) is 117 Å². The first kappa shape index (κ1) is 15.3. The first-order chi connectivity index (χ1) is 12.0. The van der Waals surface area contributed by atoms with Crippen LogP contribution in [-0.2, 0) is 7.05 Å². The molecule has 1 aliphatic rings. The number of carbonyl (C=O) groups is 1. The Balaban J connectivity index is 1.52. The van der Waals surface area contributed by atoms with Crippen molar-refractivity contribution in [2.45, 2.75) is 6.92 Å². The Hall–Kier alpha value is -3.24. The molecule has 0 unspecified atom stereocenters. The van der Waals surface area contributed by atoms with Crippen molar-refractivity contribution < 1.29 is 4.79 Å². The number of anilines is 1. The Morgan fingerprint density at radius 2 is 2.00 bits per heavy atom. The van der Waals surface area contributed by atoms with Crippen LogP contribution in [0, 0.1) is 6.92 Å². The van der Waals surface area contributed by atoms with Gasteiger partial charge in [-0.05, 0) is 6.92 Å². The fraction of sp³-hybridized carbons (Fsp3) is 0.429. The van der Waals surface area contributed by atoms with Crippen LogP contribution in [0.1, 0.15) is 16.3 Å². The summed E-state index contributed by atoms with van der Waals surface area (Å²) in [6.07, 6.45) is 1.47. The van der Waals surface area contributed by atoms with Gasteiger partial charge in [-0.15, -0.1) is 5.10 Å². The zero-order valence-electron chi connectivity index (χ0n) is 13.9. The number of aryl methyl sites for hydroxylation is 2. The van der Waals surface area contributed by atoms with Gasteiger partial charge in [-0.3, -0.25) is 9.78 Å². The highest BCUT2D eigenvalue weighted by Gasteiger charge is 2.26. The molecule has 1 saturated heterocycles. The maximum absolute atomic E-state index is 12.5. The molecule has 0 bridgehead atoms. The van der Waals surface area contributed by atoms with Gasteiger partial charge in [-0.1, -0.05) is 0 Å². The highest BCUT2D eigenvalue weighted by Crippen LogP contribution is 2.18. The summed E-state index contributed by atoms with van der Waals surface area (Å²) in [5.41, 5.74) is 0.461. The summed E-state index contributed by atoms with van der Waals surface area (Å²) >= 11 is 0. The zero-order valence-corrected chi connectivity index (χ0v) is 13.9. The normalized spacial score (nSPS) is 15.1. The van der Waals surface area contributed by atoms with E-state index < -0.39 is 5.69 Å². The number of nitrogens with one attached hydrogen (secondary N) is 1. The Labute approximate surface area is 141 Å². The second-order valence-corrected chi connectivity index (χ2v) is 5.91. The summed E-state index contributed by atoms with van der Waals surface area (Å²) in [4.78, 5) is 38.7. The van der Waals surface area contributed by atoms with E-state index in [9.17, 15) is 9.59 Å². The SMILES string of the molecule is Cc1cc(N2CCN(C(=O)c3nn(C)c(=O)[nH]3)CC2)n2ncnc2n1. The molecule has 1 aliphatic heterocycles. The maximum atomic E-state index is 12.5. The van der Waals surface area contributed by atoms with Gasteiger partial charge in [0.2, 0.25) is 5.82 Å². The van der Waals surface area contributed by atoms with E-state index in [1.54, 1.807) is 9.42 Å². The average Bonchev–Trinajstić information content (AvgIpc) is 3.20. The van der Waals surface area contributed by atoms with Crippen molar-refractivity contribution in [3.63, 3.8) is 0 Å². The maximum Gasteiger partial charge on any atom is 0.343 e. The number of hydrogen-bond donors (Lipinski definition) is 1. The van der Waals surface area contributed by atoms with Crippen LogP contribution >= 0.6 is 0 Å². The van der Waals surface area contributed by atoms with Crippen molar-refractivity contribution in [3.8, 4) is 0 Å². The van der Waals surface area contributed by atoms with Crippen LogP contribution in [0.3, 0.4) is 0 Å². The summed E-state index contributed by atoms with van der Waals surface area (Å²) < 4.78 is 2.81. The highest BCUT2D eigenvalue weighted by atomic mass is 16.2. The zero-order chi connectivity index (χ0) is 17.6. The van der Waals surface area contributed by atoms with Gasteiger partial charge in [0.25, 0.3) is 11.7 Å². The molecule has 0 atom stereocenters. The fourth-order valence-electron chi connectivity index (χ4n) is 2.92. The molecule has 0 radical (unpaired) electrons. The highest BCUT2D eigenvalue weighted by molar-refractivity contribution is 5.90. The molecular formula is C14H17N9O2. The predicted octanol–water partition coefficient (Wildman–Crippen LogP) is -1.18. The molecule has 3 aromatic heterocycles. The Kier molecular flexibility index (Phi) is 3.48. The lowest BCUT2D eigenvalue weighted by atomic mass is 10.3. The molecule has 1 amide bonds. The number of nitrogens with zero attached hydrogens (tertiary/aromatic N) is 8. The molecule has 3 aromatic rings. The summed E-state index contributed by atoms with van der Waals surface area (Å²) in [6.45, 7) is 4.24. The molecule has 1 N–H and O–H groups in total. The summed E-state index contributed by atoms with van der Waals surface area (Å²) in [5, 5.41) is 8.14. The molecule has 11 nitrogen and oxygen atoms in total. The predicted molar refractivity (Wildman–Crippen MR) is 87.5 cm³/mol. The van der Waals surface area contributed by atoms with Crippen LogP contribution in [0.15, 0.2) is 17.2 Å². The monoisotopic (exact) mass is 343 g/mol. The van der Waals surface area contributed by atoms with Crippen LogP contribution in [0.5, 0.6) is 0 Å². The second kappa shape index (κ2) is 5.69. The number of aromatic nitrogens is 7. The lowest BCUT2D eigenvalue weighted by Gasteiger charge is -2.35.